The van der Waals surface area contributed by atoms with E-state index in [-0.39, 0.29) is 24.9 Å². The highest BCUT2D eigenvalue weighted by Gasteiger charge is 2.11. The summed E-state index contributed by atoms with van der Waals surface area (Å²) in [6.45, 7) is 5.02. The van der Waals surface area contributed by atoms with Crippen LogP contribution in [-0.4, -0.2) is 43.4 Å². The number of anilines is 1. The van der Waals surface area contributed by atoms with Crippen LogP contribution in [-0.2, 0) is 9.59 Å². The highest BCUT2D eigenvalue weighted by atomic mass is 16.2. The summed E-state index contributed by atoms with van der Waals surface area (Å²) >= 11 is 0. The van der Waals surface area contributed by atoms with Gasteiger partial charge in [-0.3, -0.25) is 14.5 Å². The van der Waals surface area contributed by atoms with Gasteiger partial charge in [-0.05, 0) is 32.0 Å². The van der Waals surface area contributed by atoms with Crippen molar-refractivity contribution in [3.63, 3.8) is 0 Å². The van der Waals surface area contributed by atoms with Gasteiger partial charge in [0, 0.05) is 12.2 Å². The summed E-state index contributed by atoms with van der Waals surface area (Å²) in [6.07, 6.45) is 0.906. The lowest BCUT2D eigenvalue weighted by Crippen LogP contribution is -2.39. The zero-order chi connectivity index (χ0) is 15.0. The average Bonchev–Trinajstić information content (AvgIpc) is 2.38. The second-order valence-corrected chi connectivity index (χ2v) is 4.89. The van der Waals surface area contributed by atoms with Crippen LogP contribution in [0.3, 0.4) is 0 Å². The van der Waals surface area contributed by atoms with Crippen LogP contribution in [0.5, 0.6) is 0 Å². The Morgan fingerprint density at radius 1 is 1.15 bits per heavy atom. The smallest absolute Gasteiger partial charge is 0.238 e. The quantitative estimate of drug-likeness (QED) is 0.792. The number of carbonyl (C=O) groups excluding carboxylic acids is 2. The maximum absolute atomic E-state index is 11.9. The molecule has 0 aliphatic carbocycles. The molecule has 5 nitrogen and oxygen atoms in total. The Balaban J connectivity index is 2.38. The Hall–Kier alpha value is -1.88. The van der Waals surface area contributed by atoms with Crippen LogP contribution in [0.4, 0.5) is 5.69 Å². The van der Waals surface area contributed by atoms with Crippen molar-refractivity contribution in [1.82, 2.24) is 10.2 Å². The number of nitrogens with zero attached hydrogens (tertiary/aromatic N) is 1. The van der Waals surface area contributed by atoms with Gasteiger partial charge in [0.1, 0.15) is 0 Å². The summed E-state index contributed by atoms with van der Waals surface area (Å²) in [5, 5.41) is 5.63. The van der Waals surface area contributed by atoms with E-state index in [4.69, 9.17) is 0 Å². The molecule has 0 fully saturated rings. The maximum Gasteiger partial charge on any atom is 0.238 e. The average molecular weight is 277 g/mol. The highest BCUT2D eigenvalue weighted by Crippen LogP contribution is 2.12. The molecule has 0 spiro atoms. The van der Waals surface area contributed by atoms with Crippen molar-refractivity contribution < 1.29 is 9.59 Å². The second-order valence-electron chi connectivity index (χ2n) is 4.89. The molecule has 1 aromatic rings. The zero-order valence-corrected chi connectivity index (χ0v) is 12.4. The number of rotatable bonds is 7. The van der Waals surface area contributed by atoms with Crippen LogP contribution in [0.25, 0.3) is 0 Å². The number of hydrogen-bond donors (Lipinski definition) is 2. The van der Waals surface area contributed by atoms with Crippen molar-refractivity contribution in [2.24, 2.45) is 0 Å². The molecule has 110 valence electrons. The first-order valence-electron chi connectivity index (χ1n) is 6.83. The SMILES string of the molecule is CCCNC(=O)CN(C)CC(=O)Nc1ccccc1C. The molecule has 0 bridgehead atoms. The molecule has 20 heavy (non-hydrogen) atoms. The lowest BCUT2D eigenvalue weighted by atomic mass is 10.2. The summed E-state index contributed by atoms with van der Waals surface area (Å²) in [5.74, 6) is -0.178. The van der Waals surface area contributed by atoms with Crippen LogP contribution >= 0.6 is 0 Å². The molecule has 1 rings (SSSR count). The number of carbonyl (C=O) groups is 2. The van der Waals surface area contributed by atoms with E-state index in [1.807, 2.05) is 38.1 Å². The Bertz CT molecular complexity index is 460. The van der Waals surface area contributed by atoms with E-state index >= 15 is 0 Å². The third kappa shape index (κ3) is 5.84. The summed E-state index contributed by atoms with van der Waals surface area (Å²) in [5.41, 5.74) is 1.82. The molecule has 0 unspecified atom stereocenters. The Labute approximate surface area is 120 Å². The molecular weight excluding hydrogens is 254 g/mol. The second kappa shape index (κ2) is 8.32. The molecular formula is C15H23N3O2. The van der Waals surface area contributed by atoms with E-state index in [0.717, 1.165) is 17.7 Å². The number of likely N-dealkylation sites (N-methyl/N-ethyl adjacent to an activating group) is 1. The first-order valence-corrected chi connectivity index (χ1v) is 6.83. The molecule has 0 atom stereocenters. The van der Waals surface area contributed by atoms with Crippen molar-refractivity contribution in [1.29, 1.82) is 0 Å². The van der Waals surface area contributed by atoms with E-state index in [2.05, 4.69) is 10.6 Å². The monoisotopic (exact) mass is 277 g/mol. The minimum Gasteiger partial charge on any atom is -0.355 e. The van der Waals surface area contributed by atoms with Gasteiger partial charge in [-0.25, -0.2) is 0 Å². The molecule has 2 N–H and O–H groups in total. The number of amides is 2. The van der Waals surface area contributed by atoms with Crippen molar-refractivity contribution in [3.05, 3.63) is 29.8 Å². The highest BCUT2D eigenvalue weighted by molar-refractivity contribution is 5.93. The fourth-order valence-corrected chi connectivity index (χ4v) is 1.77. The van der Waals surface area contributed by atoms with E-state index in [1.165, 1.54) is 0 Å². The van der Waals surface area contributed by atoms with Crippen LogP contribution in [0.2, 0.25) is 0 Å². The maximum atomic E-state index is 11.9. The molecule has 0 saturated carbocycles. The number of benzene rings is 1. The van der Waals surface area contributed by atoms with E-state index < -0.39 is 0 Å². The van der Waals surface area contributed by atoms with Gasteiger partial charge >= 0.3 is 0 Å². The van der Waals surface area contributed by atoms with Crippen LogP contribution in [0.15, 0.2) is 24.3 Å². The van der Waals surface area contributed by atoms with Gasteiger partial charge in [-0.2, -0.15) is 0 Å². The molecule has 2 amide bonds. The Morgan fingerprint density at radius 3 is 2.45 bits per heavy atom. The van der Waals surface area contributed by atoms with Gasteiger partial charge < -0.3 is 10.6 Å². The standard InChI is InChI=1S/C15H23N3O2/c1-4-9-16-14(19)10-18(3)11-15(20)17-13-8-6-5-7-12(13)2/h5-8H,4,9-11H2,1-3H3,(H,16,19)(H,17,20). The molecule has 0 heterocycles. The number of aryl methyl sites for hydroxylation is 1. The molecule has 1 aromatic carbocycles. The topological polar surface area (TPSA) is 61.4 Å². The molecule has 0 aliphatic heterocycles. The lowest BCUT2D eigenvalue weighted by molar-refractivity contribution is -0.122. The molecule has 0 aromatic heterocycles. The Morgan fingerprint density at radius 2 is 1.80 bits per heavy atom. The summed E-state index contributed by atoms with van der Waals surface area (Å²) < 4.78 is 0. The van der Waals surface area contributed by atoms with Crippen LogP contribution in [0, 0.1) is 6.92 Å². The third-order valence-corrected chi connectivity index (χ3v) is 2.82. The molecule has 0 aliphatic rings. The van der Waals surface area contributed by atoms with E-state index in [9.17, 15) is 9.59 Å². The van der Waals surface area contributed by atoms with E-state index in [1.54, 1.807) is 11.9 Å². The fraction of sp³-hybridized carbons (Fsp3) is 0.467. The number of nitrogens with one attached hydrogen (secondary N) is 2. The van der Waals surface area contributed by atoms with Crippen LogP contribution < -0.4 is 10.6 Å². The third-order valence-electron chi connectivity index (χ3n) is 2.82. The van der Waals surface area contributed by atoms with Gasteiger partial charge in [0.15, 0.2) is 0 Å². The predicted molar refractivity (Wildman–Crippen MR) is 80.6 cm³/mol. The van der Waals surface area contributed by atoms with Gasteiger partial charge in [0.25, 0.3) is 0 Å². The van der Waals surface area contributed by atoms with Crippen LogP contribution in [0.1, 0.15) is 18.9 Å². The van der Waals surface area contributed by atoms with E-state index in [0.29, 0.717) is 6.54 Å². The first-order chi connectivity index (χ1) is 9.52. The fourth-order valence-electron chi connectivity index (χ4n) is 1.77. The minimum absolute atomic E-state index is 0.0574. The first kappa shape index (κ1) is 16.2. The zero-order valence-electron chi connectivity index (χ0n) is 12.4. The predicted octanol–water partition coefficient (Wildman–Crippen LogP) is 1.39. The van der Waals surface area contributed by atoms with Crippen molar-refractivity contribution in [2.45, 2.75) is 20.3 Å². The largest absolute Gasteiger partial charge is 0.355 e. The molecule has 0 radical (unpaired) electrons. The summed E-state index contributed by atoms with van der Waals surface area (Å²) in [7, 11) is 1.75. The van der Waals surface area contributed by atoms with Gasteiger partial charge in [0.05, 0.1) is 13.1 Å². The number of hydrogen-bond acceptors (Lipinski definition) is 3. The van der Waals surface area contributed by atoms with Crippen molar-refractivity contribution in [3.8, 4) is 0 Å². The van der Waals surface area contributed by atoms with Crippen molar-refractivity contribution >= 4 is 17.5 Å². The minimum atomic E-state index is -0.120. The molecule has 5 heteroatoms. The van der Waals surface area contributed by atoms with Gasteiger partial charge in [0.2, 0.25) is 11.8 Å². The summed E-state index contributed by atoms with van der Waals surface area (Å²) in [4.78, 5) is 25.1. The Kier molecular flexibility index (Phi) is 6.73. The van der Waals surface area contributed by atoms with Crippen molar-refractivity contribution in [2.75, 3.05) is 32.0 Å². The summed E-state index contributed by atoms with van der Waals surface area (Å²) in [6, 6.07) is 7.61. The lowest BCUT2D eigenvalue weighted by Gasteiger charge is -2.16. The van der Waals surface area contributed by atoms with Gasteiger partial charge in [-0.1, -0.05) is 25.1 Å². The van der Waals surface area contributed by atoms with Gasteiger partial charge in [-0.15, -0.1) is 0 Å². The normalized spacial score (nSPS) is 10.4. The number of para-hydroxylation sites is 1. The molecule has 0 saturated heterocycles.